The maximum atomic E-state index is 6.15. The van der Waals surface area contributed by atoms with Gasteiger partial charge in [0.25, 0.3) is 0 Å². The molecule has 5 rings (SSSR count). The predicted molar refractivity (Wildman–Crippen MR) is 129 cm³/mol. The van der Waals surface area contributed by atoms with Gasteiger partial charge in [0.05, 0.1) is 23.9 Å². The molecule has 0 aliphatic carbocycles. The summed E-state index contributed by atoms with van der Waals surface area (Å²) >= 11 is 1.70. The van der Waals surface area contributed by atoms with E-state index in [4.69, 9.17) is 19.2 Å². The molecule has 0 bridgehead atoms. The minimum absolute atomic E-state index is 0.612. The number of rotatable bonds is 6. The van der Waals surface area contributed by atoms with Crippen molar-refractivity contribution in [1.29, 1.82) is 0 Å². The van der Waals surface area contributed by atoms with Crippen LogP contribution in [0.3, 0.4) is 0 Å². The van der Waals surface area contributed by atoms with E-state index >= 15 is 0 Å². The van der Waals surface area contributed by atoms with Gasteiger partial charge in [-0.2, -0.15) is 0 Å². The highest BCUT2D eigenvalue weighted by atomic mass is 32.1. The molecule has 0 N–H and O–H groups in total. The quantitative estimate of drug-likeness (QED) is 0.376. The van der Waals surface area contributed by atoms with Gasteiger partial charge in [-0.1, -0.05) is 30.3 Å². The molecule has 0 amide bonds. The molecule has 4 aromatic rings. The molecule has 32 heavy (non-hydrogen) atoms. The Balaban J connectivity index is 1.48. The third-order valence-electron chi connectivity index (χ3n) is 5.61. The lowest BCUT2D eigenvalue weighted by molar-refractivity contribution is 0.213. The normalized spacial score (nSPS) is 13.9. The molecule has 6 heteroatoms. The van der Waals surface area contributed by atoms with Gasteiger partial charge in [-0.15, -0.1) is 11.3 Å². The van der Waals surface area contributed by atoms with Crippen LogP contribution in [0.5, 0.6) is 17.2 Å². The molecular weight excluding hydrogens is 420 g/mol. The van der Waals surface area contributed by atoms with E-state index in [0.717, 1.165) is 58.5 Å². The fourth-order valence-electron chi connectivity index (χ4n) is 4.12. The Morgan fingerprint density at radius 3 is 2.75 bits per heavy atom. The molecule has 0 spiro atoms. The Morgan fingerprint density at radius 1 is 1.06 bits per heavy atom. The average molecular weight is 447 g/mol. The van der Waals surface area contributed by atoms with Crippen molar-refractivity contribution in [2.45, 2.75) is 20.0 Å². The molecule has 0 unspecified atom stereocenters. The summed E-state index contributed by atoms with van der Waals surface area (Å²) in [6.45, 7) is 5.68. The third kappa shape index (κ3) is 4.16. The second kappa shape index (κ2) is 9.18. The molecule has 5 nitrogen and oxygen atoms in total. The van der Waals surface area contributed by atoms with Gasteiger partial charge in [-0.25, -0.2) is 4.98 Å². The van der Waals surface area contributed by atoms with Crippen molar-refractivity contribution in [2.75, 3.05) is 26.9 Å². The second-order valence-corrected chi connectivity index (χ2v) is 8.78. The molecule has 0 atom stereocenters. The van der Waals surface area contributed by atoms with Crippen LogP contribution in [0.15, 0.2) is 60.7 Å². The van der Waals surface area contributed by atoms with Gasteiger partial charge < -0.3 is 14.2 Å². The topological polar surface area (TPSA) is 43.8 Å². The number of thiazole rings is 1. The number of methoxy groups -OCH3 is 1. The summed E-state index contributed by atoms with van der Waals surface area (Å²) in [6.07, 6.45) is 0. The molecule has 0 saturated carbocycles. The van der Waals surface area contributed by atoms with Gasteiger partial charge in [0, 0.05) is 36.3 Å². The standard InChI is InChI=1S/C26H26N2O3S/c1-3-30-22-10-6-4-8-18(22)16-28-12-13-31-25-20(17-28)14-19(15-23(25)29-2)26-27-21-9-5-7-11-24(21)32-26/h4-11,14-15H,3,12-13,16-17H2,1-2H3. The molecule has 0 radical (unpaired) electrons. The summed E-state index contributed by atoms with van der Waals surface area (Å²) in [6, 6.07) is 20.7. The van der Waals surface area contributed by atoms with E-state index in [9.17, 15) is 0 Å². The number of aromatic nitrogens is 1. The van der Waals surface area contributed by atoms with E-state index in [1.165, 1.54) is 10.3 Å². The summed E-state index contributed by atoms with van der Waals surface area (Å²) in [7, 11) is 1.70. The van der Waals surface area contributed by atoms with Crippen LogP contribution in [-0.4, -0.2) is 36.8 Å². The van der Waals surface area contributed by atoms with E-state index in [0.29, 0.717) is 13.2 Å². The summed E-state index contributed by atoms with van der Waals surface area (Å²) in [4.78, 5) is 7.24. The molecule has 1 aliphatic rings. The van der Waals surface area contributed by atoms with Crippen LogP contribution in [0.1, 0.15) is 18.1 Å². The maximum Gasteiger partial charge on any atom is 0.165 e. The minimum atomic E-state index is 0.612. The zero-order chi connectivity index (χ0) is 21.9. The Morgan fingerprint density at radius 2 is 1.91 bits per heavy atom. The average Bonchev–Trinajstić information content (AvgIpc) is 3.15. The number of para-hydroxylation sites is 2. The Hall–Kier alpha value is -3.09. The maximum absolute atomic E-state index is 6.15. The van der Waals surface area contributed by atoms with Crippen molar-refractivity contribution in [3.63, 3.8) is 0 Å². The van der Waals surface area contributed by atoms with Gasteiger partial charge in [0.1, 0.15) is 17.4 Å². The van der Waals surface area contributed by atoms with E-state index in [1.54, 1.807) is 18.4 Å². The van der Waals surface area contributed by atoms with Crippen LogP contribution in [0.25, 0.3) is 20.8 Å². The number of hydrogen-bond acceptors (Lipinski definition) is 6. The van der Waals surface area contributed by atoms with Crippen LogP contribution in [-0.2, 0) is 13.1 Å². The number of hydrogen-bond donors (Lipinski definition) is 0. The van der Waals surface area contributed by atoms with Crippen molar-refractivity contribution in [3.05, 3.63) is 71.8 Å². The van der Waals surface area contributed by atoms with E-state index in [2.05, 4.69) is 35.2 Å². The summed E-state index contributed by atoms with van der Waals surface area (Å²) < 4.78 is 18.9. The molecule has 0 fully saturated rings. The van der Waals surface area contributed by atoms with Crippen molar-refractivity contribution in [2.24, 2.45) is 0 Å². The van der Waals surface area contributed by atoms with Crippen LogP contribution in [0.2, 0.25) is 0 Å². The van der Waals surface area contributed by atoms with Crippen LogP contribution in [0, 0.1) is 0 Å². The first-order valence-electron chi connectivity index (χ1n) is 10.9. The summed E-state index contributed by atoms with van der Waals surface area (Å²) in [5.41, 5.74) is 4.38. The van der Waals surface area contributed by atoms with Crippen LogP contribution < -0.4 is 14.2 Å². The number of nitrogens with zero attached hydrogens (tertiary/aromatic N) is 2. The SMILES string of the molecule is CCOc1ccccc1CN1CCOc2c(cc(-c3nc4ccccc4s3)cc2OC)C1. The molecule has 0 saturated heterocycles. The van der Waals surface area contributed by atoms with Crippen molar-refractivity contribution in [3.8, 4) is 27.8 Å². The number of ether oxygens (including phenoxy) is 3. The fraction of sp³-hybridized carbons (Fsp3) is 0.269. The van der Waals surface area contributed by atoms with Gasteiger partial charge in [-0.3, -0.25) is 4.90 Å². The smallest absolute Gasteiger partial charge is 0.165 e. The summed E-state index contributed by atoms with van der Waals surface area (Å²) in [5.74, 6) is 2.53. The highest BCUT2D eigenvalue weighted by Gasteiger charge is 2.22. The third-order valence-corrected chi connectivity index (χ3v) is 6.69. The van der Waals surface area contributed by atoms with Gasteiger partial charge >= 0.3 is 0 Å². The Labute approximate surface area is 192 Å². The van der Waals surface area contributed by atoms with Gasteiger partial charge in [0.15, 0.2) is 11.5 Å². The lowest BCUT2D eigenvalue weighted by Crippen LogP contribution is -2.25. The molecular formula is C26H26N2O3S. The van der Waals surface area contributed by atoms with E-state index < -0.39 is 0 Å². The van der Waals surface area contributed by atoms with Crippen LogP contribution >= 0.6 is 11.3 Å². The number of benzene rings is 3. The highest BCUT2D eigenvalue weighted by Crippen LogP contribution is 2.40. The Bertz CT molecular complexity index is 1200. The largest absolute Gasteiger partial charge is 0.494 e. The lowest BCUT2D eigenvalue weighted by Gasteiger charge is -2.21. The highest BCUT2D eigenvalue weighted by molar-refractivity contribution is 7.21. The molecule has 1 aliphatic heterocycles. The Kier molecular flexibility index (Phi) is 5.97. The first-order valence-corrected chi connectivity index (χ1v) is 11.7. The molecule has 3 aromatic carbocycles. The van der Waals surface area contributed by atoms with Gasteiger partial charge in [-0.05, 0) is 37.3 Å². The minimum Gasteiger partial charge on any atom is -0.494 e. The zero-order valence-electron chi connectivity index (χ0n) is 18.3. The van der Waals surface area contributed by atoms with E-state index in [-0.39, 0.29) is 0 Å². The van der Waals surface area contributed by atoms with Crippen molar-refractivity contribution >= 4 is 21.6 Å². The van der Waals surface area contributed by atoms with E-state index in [1.807, 2.05) is 37.3 Å². The molecule has 2 heterocycles. The first-order chi connectivity index (χ1) is 15.7. The monoisotopic (exact) mass is 446 g/mol. The van der Waals surface area contributed by atoms with Crippen molar-refractivity contribution < 1.29 is 14.2 Å². The predicted octanol–water partition coefficient (Wildman–Crippen LogP) is 5.77. The van der Waals surface area contributed by atoms with Crippen molar-refractivity contribution in [1.82, 2.24) is 9.88 Å². The van der Waals surface area contributed by atoms with Crippen LogP contribution in [0.4, 0.5) is 0 Å². The second-order valence-electron chi connectivity index (χ2n) is 7.75. The number of fused-ring (bicyclic) bond motifs is 2. The van der Waals surface area contributed by atoms with Gasteiger partial charge in [0.2, 0.25) is 0 Å². The zero-order valence-corrected chi connectivity index (χ0v) is 19.2. The molecule has 164 valence electrons. The molecule has 1 aromatic heterocycles. The lowest BCUT2D eigenvalue weighted by atomic mass is 10.1. The summed E-state index contributed by atoms with van der Waals surface area (Å²) in [5, 5.41) is 0.991. The fourth-order valence-corrected chi connectivity index (χ4v) is 5.07. The first kappa shape index (κ1) is 20.8.